The van der Waals surface area contributed by atoms with E-state index in [-0.39, 0.29) is 11.4 Å². The van der Waals surface area contributed by atoms with Crippen molar-refractivity contribution in [2.24, 2.45) is 0 Å². The fourth-order valence-electron chi connectivity index (χ4n) is 1.46. The summed E-state index contributed by atoms with van der Waals surface area (Å²) in [6.07, 6.45) is 1.78. The molecular formula is C12H8BrFINO. The summed E-state index contributed by atoms with van der Waals surface area (Å²) in [5, 5.41) is 0. The summed E-state index contributed by atoms with van der Waals surface area (Å²) < 4.78 is 16.2. The quantitative estimate of drug-likeness (QED) is 0.699. The Kier molecular flexibility index (Phi) is 3.98. The number of aromatic nitrogens is 1. The first-order valence-corrected chi connectivity index (χ1v) is 6.73. The van der Waals surface area contributed by atoms with Gasteiger partial charge in [-0.15, -0.1) is 0 Å². The van der Waals surface area contributed by atoms with Gasteiger partial charge in [0.25, 0.3) is 5.56 Å². The van der Waals surface area contributed by atoms with Gasteiger partial charge in [-0.25, -0.2) is 4.39 Å². The van der Waals surface area contributed by atoms with Crippen LogP contribution in [0, 0.1) is 9.39 Å². The second-order valence-corrected chi connectivity index (χ2v) is 5.65. The van der Waals surface area contributed by atoms with E-state index < -0.39 is 0 Å². The molecule has 0 amide bonds. The molecule has 2 rings (SSSR count). The van der Waals surface area contributed by atoms with Crippen molar-refractivity contribution in [1.29, 1.82) is 0 Å². The molecule has 1 aromatic carbocycles. The molecule has 0 N–H and O–H groups in total. The van der Waals surface area contributed by atoms with E-state index in [1.807, 2.05) is 0 Å². The SMILES string of the molecule is O=c1ccc(I)cn1Cc1ccc(F)cc1Br. The molecule has 0 aliphatic rings. The van der Waals surface area contributed by atoms with Crippen LogP contribution in [0.25, 0.3) is 0 Å². The minimum atomic E-state index is -0.296. The standard InChI is InChI=1S/C12H8BrFINO/c13-11-5-9(14)2-1-8(11)6-16-7-10(15)3-4-12(16)17/h1-5,7H,6H2. The lowest BCUT2D eigenvalue weighted by molar-refractivity contribution is 0.624. The molecule has 0 aliphatic heterocycles. The van der Waals surface area contributed by atoms with Crippen LogP contribution in [-0.2, 0) is 6.54 Å². The van der Waals surface area contributed by atoms with Gasteiger partial charge in [-0.2, -0.15) is 0 Å². The molecule has 2 nitrogen and oxygen atoms in total. The van der Waals surface area contributed by atoms with Crippen molar-refractivity contribution in [1.82, 2.24) is 4.57 Å². The largest absolute Gasteiger partial charge is 0.310 e. The summed E-state index contributed by atoms with van der Waals surface area (Å²) in [4.78, 5) is 11.6. The van der Waals surface area contributed by atoms with Gasteiger partial charge in [0.15, 0.2) is 0 Å². The number of rotatable bonds is 2. The van der Waals surface area contributed by atoms with Crippen LogP contribution in [0.15, 0.2) is 45.8 Å². The third kappa shape index (κ3) is 3.16. The van der Waals surface area contributed by atoms with Gasteiger partial charge in [-0.3, -0.25) is 4.79 Å². The third-order valence-corrected chi connectivity index (χ3v) is 3.68. The monoisotopic (exact) mass is 407 g/mol. The third-order valence-electron chi connectivity index (χ3n) is 2.30. The second kappa shape index (κ2) is 5.30. The average molecular weight is 408 g/mol. The van der Waals surface area contributed by atoms with Gasteiger partial charge < -0.3 is 4.57 Å². The van der Waals surface area contributed by atoms with E-state index in [1.54, 1.807) is 22.9 Å². The molecule has 1 heterocycles. The number of pyridine rings is 1. The van der Waals surface area contributed by atoms with Gasteiger partial charge in [0, 0.05) is 20.3 Å². The van der Waals surface area contributed by atoms with Crippen LogP contribution in [0.5, 0.6) is 0 Å². The first-order chi connectivity index (χ1) is 8.06. The molecule has 0 saturated carbocycles. The van der Waals surface area contributed by atoms with Gasteiger partial charge in [-0.05, 0) is 46.4 Å². The summed E-state index contributed by atoms with van der Waals surface area (Å²) in [6.45, 7) is 0.427. The Morgan fingerprint density at radius 2 is 2.06 bits per heavy atom. The minimum absolute atomic E-state index is 0.0679. The molecule has 0 aliphatic carbocycles. The molecule has 0 saturated heterocycles. The molecule has 5 heteroatoms. The number of halogens is 3. The maximum absolute atomic E-state index is 12.9. The van der Waals surface area contributed by atoms with E-state index in [1.165, 1.54) is 18.2 Å². The smallest absolute Gasteiger partial charge is 0.250 e. The molecule has 0 spiro atoms. The molecule has 0 atom stereocenters. The van der Waals surface area contributed by atoms with E-state index in [0.29, 0.717) is 11.0 Å². The Morgan fingerprint density at radius 3 is 2.76 bits per heavy atom. The van der Waals surface area contributed by atoms with Crippen LogP contribution in [0.1, 0.15) is 5.56 Å². The maximum Gasteiger partial charge on any atom is 0.250 e. The molecule has 0 unspecified atom stereocenters. The predicted molar refractivity (Wildman–Crippen MR) is 76.6 cm³/mol. The van der Waals surface area contributed by atoms with Crippen molar-refractivity contribution in [3.63, 3.8) is 0 Å². The van der Waals surface area contributed by atoms with E-state index in [0.717, 1.165) is 9.13 Å². The van der Waals surface area contributed by atoms with Crippen molar-refractivity contribution in [3.05, 3.63) is 66.3 Å². The summed E-state index contributed by atoms with van der Waals surface area (Å²) in [5.41, 5.74) is 0.803. The van der Waals surface area contributed by atoms with Crippen molar-refractivity contribution in [2.75, 3.05) is 0 Å². The highest BCUT2D eigenvalue weighted by Gasteiger charge is 2.04. The Balaban J connectivity index is 2.38. The molecule has 17 heavy (non-hydrogen) atoms. The van der Waals surface area contributed by atoms with Crippen LogP contribution in [0.3, 0.4) is 0 Å². The summed E-state index contributed by atoms with van der Waals surface area (Å²) >= 11 is 5.44. The first-order valence-electron chi connectivity index (χ1n) is 4.86. The highest BCUT2D eigenvalue weighted by Crippen LogP contribution is 2.18. The highest BCUT2D eigenvalue weighted by molar-refractivity contribution is 14.1. The van der Waals surface area contributed by atoms with Crippen molar-refractivity contribution in [2.45, 2.75) is 6.54 Å². The zero-order chi connectivity index (χ0) is 12.4. The lowest BCUT2D eigenvalue weighted by atomic mass is 10.2. The lowest BCUT2D eigenvalue weighted by Gasteiger charge is -2.08. The lowest BCUT2D eigenvalue weighted by Crippen LogP contribution is -2.19. The molecule has 0 bridgehead atoms. The van der Waals surface area contributed by atoms with Gasteiger partial charge in [0.1, 0.15) is 5.82 Å². The van der Waals surface area contributed by atoms with E-state index >= 15 is 0 Å². The average Bonchev–Trinajstić information content (AvgIpc) is 2.27. The molecule has 0 fully saturated rings. The normalized spacial score (nSPS) is 10.5. The Labute approximate surface area is 120 Å². The molecular weight excluding hydrogens is 400 g/mol. The van der Waals surface area contributed by atoms with Crippen molar-refractivity contribution in [3.8, 4) is 0 Å². The van der Waals surface area contributed by atoms with E-state index in [2.05, 4.69) is 38.5 Å². The van der Waals surface area contributed by atoms with E-state index in [9.17, 15) is 9.18 Å². The second-order valence-electron chi connectivity index (χ2n) is 3.55. The van der Waals surface area contributed by atoms with Crippen LogP contribution in [0.4, 0.5) is 4.39 Å². The van der Waals surface area contributed by atoms with Crippen LogP contribution in [0.2, 0.25) is 0 Å². The minimum Gasteiger partial charge on any atom is -0.310 e. The van der Waals surface area contributed by atoms with Gasteiger partial charge in [0.2, 0.25) is 0 Å². The first kappa shape index (κ1) is 12.8. The number of nitrogens with zero attached hydrogens (tertiary/aromatic N) is 1. The summed E-state index contributed by atoms with van der Waals surface area (Å²) in [7, 11) is 0. The Morgan fingerprint density at radius 1 is 1.29 bits per heavy atom. The van der Waals surface area contributed by atoms with Crippen molar-refractivity contribution >= 4 is 38.5 Å². The number of benzene rings is 1. The molecule has 2 aromatic rings. The topological polar surface area (TPSA) is 22.0 Å². The highest BCUT2D eigenvalue weighted by atomic mass is 127. The van der Waals surface area contributed by atoms with Crippen LogP contribution >= 0.6 is 38.5 Å². The summed E-state index contributed by atoms with van der Waals surface area (Å²) in [5.74, 6) is -0.296. The van der Waals surface area contributed by atoms with Gasteiger partial charge >= 0.3 is 0 Å². The molecule has 0 radical (unpaired) electrons. The number of hydrogen-bond donors (Lipinski definition) is 0. The molecule has 88 valence electrons. The fourth-order valence-corrected chi connectivity index (χ4v) is 2.45. The van der Waals surface area contributed by atoms with Crippen LogP contribution < -0.4 is 5.56 Å². The zero-order valence-corrected chi connectivity index (χ0v) is 12.4. The van der Waals surface area contributed by atoms with E-state index in [4.69, 9.17) is 0 Å². The predicted octanol–water partition coefficient (Wildman–Crippen LogP) is 3.40. The zero-order valence-electron chi connectivity index (χ0n) is 8.66. The Hall–Kier alpha value is -0.690. The van der Waals surface area contributed by atoms with Crippen LogP contribution in [-0.4, -0.2) is 4.57 Å². The fraction of sp³-hybridized carbons (Fsp3) is 0.0833. The Bertz CT molecular complexity index is 612. The number of hydrogen-bond acceptors (Lipinski definition) is 1. The van der Waals surface area contributed by atoms with Crippen molar-refractivity contribution < 1.29 is 4.39 Å². The maximum atomic E-state index is 12.9. The van der Waals surface area contributed by atoms with Gasteiger partial charge in [-0.1, -0.05) is 22.0 Å². The van der Waals surface area contributed by atoms with Gasteiger partial charge in [0.05, 0.1) is 6.54 Å². The molecule has 1 aromatic heterocycles. The summed E-state index contributed by atoms with van der Waals surface area (Å²) in [6, 6.07) is 7.75.